The molecule has 1 aromatic heterocycles. The van der Waals surface area contributed by atoms with Crippen molar-refractivity contribution in [2.45, 2.75) is 22.9 Å². The summed E-state index contributed by atoms with van der Waals surface area (Å²) in [6.07, 6.45) is 3.02. The third-order valence-electron chi connectivity index (χ3n) is 3.93. The van der Waals surface area contributed by atoms with Gasteiger partial charge < -0.3 is 0 Å². The van der Waals surface area contributed by atoms with Crippen molar-refractivity contribution in [3.05, 3.63) is 59.6 Å². The fourth-order valence-electron chi connectivity index (χ4n) is 2.55. The molecule has 2 rings (SSSR count). The summed E-state index contributed by atoms with van der Waals surface area (Å²) < 4.78 is 38.7. The Morgan fingerprint density at radius 1 is 1.41 bits per heavy atom. The zero-order valence-electron chi connectivity index (χ0n) is 15.9. The highest BCUT2D eigenvalue weighted by Gasteiger charge is 2.27. The fourth-order valence-corrected chi connectivity index (χ4v) is 4.14. The van der Waals surface area contributed by atoms with Gasteiger partial charge in [-0.25, -0.2) is 5.43 Å². The van der Waals surface area contributed by atoms with Gasteiger partial charge in [-0.05, 0) is 42.2 Å². The van der Waals surface area contributed by atoms with Crippen molar-refractivity contribution in [1.82, 2.24) is 10.4 Å². The van der Waals surface area contributed by atoms with E-state index in [1.54, 1.807) is 24.9 Å². The summed E-state index contributed by atoms with van der Waals surface area (Å²) in [6.45, 7) is 3.84. The van der Waals surface area contributed by atoms with Gasteiger partial charge in [0.2, 0.25) is 0 Å². The highest BCUT2D eigenvalue weighted by atomic mass is 35.5. The molecular weight excluding hydrogens is 437 g/mol. The van der Waals surface area contributed by atoms with Crippen molar-refractivity contribution in [3.63, 3.8) is 0 Å². The van der Waals surface area contributed by atoms with Crippen LogP contribution < -0.4 is 5.43 Å². The van der Waals surface area contributed by atoms with E-state index in [1.807, 2.05) is 36.6 Å². The molecule has 2 nitrogen and oxygen atoms in total. The van der Waals surface area contributed by atoms with Gasteiger partial charge in [0.1, 0.15) is 5.38 Å². The highest BCUT2D eigenvalue weighted by Crippen LogP contribution is 2.36. The lowest BCUT2D eigenvalue weighted by Gasteiger charge is -2.28. The van der Waals surface area contributed by atoms with E-state index in [0.717, 1.165) is 21.4 Å². The van der Waals surface area contributed by atoms with Gasteiger partial charge >= 0.3 is 6.18 Å². The first-order valence-corrected chi connectivity index (χ1v) is 11.0. The van der Waals surface area contributed by atoms with Crippen LogP contribution in [-0.4, -0.2) is 29.9 Å². The molecular formula is C21H20ClF3N2S2. The van der Waals surface area contributed by atoms with E-state index in [0.29, 0.717) is 10.6 Å². The number of hydrogen-bond donors (Lipinski definition) is 1. The van der Waals surface area contributed by atoms with E-state index in [-0.39, 0.29) is 5.70 Å². The maximum atomic E-state index is 12.9. The predicted octanol–water partition coefficient (Wildman–Crippen LogP) is 6.62. The minimum atomic E-state index is -4.34. The number of alkyl halides is 4. The van der Waals surface area contributed by atoms with Crippen LogP contribution in [0.5, 0.6) is 0 Å². The van der Waals surface area contributed by atoms with E-state index in [2.05, 4.69) is 17.9 Å². The fraction of sp³-hybridized carbons (Fsp3) is 0.238. The molecule has 0 aliphatic carbocycles. The summed E-state index contributed by atoms with van der Waals surface area (Å²) in [5, 5.41) is 0.534. The topological polar surface area (TPSA) is 15.3 Å². The molecule has 0 bridgehead atoms. The molecule has 1 N–H and O–H groups in total. The Kier molecular flexibility index (Phi) is 8.29. The Balaban J connectivity index is 2.48. The van der Waals surface area contributed by atoms with Gasteiger partial charge in [-0.3, -0.25) is 5.01 Å². The van der Waals surface area contributed by atoms with Crippen LogP contribution in [0.3, 0.4) is 0 Å². The van der Waals surface area contributed by atoms with E-state index in [1.165, 1.54) is 16.3 Å². The number of hydrazine groups is 1. The van der Waals surface area contributed by atoms with Crippen LogP contribution in [0.15, 0.2) is 59.6 Å². The SMILES string of the molecule is C#CC(Cl)C(=C)N(NC)/C(=C\CC(F)(F)F)c1ccc(-c2cccc(SC)c2)s1. The molecule has 0 radical (unpaired) electrons. The van der Waals surface area contributed by atoms with Crippen molar-refractivity contribution in [3.8, 4) is 22.8 Å². The smallest absolute Gasteiger partial charge is 0.278 e. The molecule has 0 aliphatic heterocycles. The van der Waals surface area contributed by atoms with Crippen LogP contribution >= 0.6 is 34.7 Å². The standard InChI is InChI=1S/C21H20ClF3N2S2/c1-5-17(22)14(2)27(26-3)18(11-12-21(23,24)25)20-10-9-19(29-20)15-7-6-8-16(13-15)28-4/h1,6-11,13,17,26H,2,12H2,3-4H3/b18-11-. The lowest BCUT2D eigenvalue weighted by atomic mass is 10.2. The normalized spacial score (nSPS) is 13.1. The molecule has 2 aromatic rings. The van der Waals surface area contributed by atoms with Gasteiger partial charge in [0.15, 0.2) is 0 Å². The van der Waals surface area contributed by atoms with Crippen LogP contribution in [0.1, 0.15) is 11.3 Å². The molecule has 0 spiro atoms. The second-order valence-electron chi connectivity index (χ2n) is 5.88. The number of benzene rings is 1. The van der Waals surface area contributed by atoms with Gasteiger partial charge in [0.25, 0.3) is 0 Å². The van der Waals surface area contributed by atoms with E-state index < -0.39 is 18.0 Å². The third-order valence-corrected chi connectivity index (χ3v) is 6.19. The number of thioether (sulfide) groups is 1. The van der Waals surface area contributed by atoms with Gasteiger partial charge in [0, 0.05) is 16.8 Å². The summed E-state index contributed by atoms with van der Waals surface area (Å²) in [4.78, 5) is 2.68. The average Bonchev–Trinajstić information content (AvgIpc) is 3.19. The van der Waals surface area contributed by atoms with Crippen LogP contribution in [-0.2, 0) is 0 Å². The Morgan fingerprint density at radius 3 is 2.72 bits per heavy atom. The molecule has 0 amide bonds. The largest absolute Gasteiger partial charge is 0.392 e. The zero-order chi connectivity index (χ0) is 21.6. The zero-order valence-corrected chi connectivity index (χ0v) is 18.3. The molecule has 0 aliphatic rings. The summed E-state index contributed by atoms with van der Waals surface area (Å²) in [6, 6.07) is 11.6. The molecule has 0 saturated carbocycles. The lowest BCUT2D eigenvalue weighted by Crippen LogP contribution is -2.35. The van der Waals surface area contributed by atoms with E-state index >= 15 is 0 Å². The summed E-state index contributed by atoms with van der Waals surface area (Å²) in [7, 11) is 1.57. The maximum Gasteiger partial charge on any atom is 0.392 e. The maximum absolute atomic E-state index is 12.9. The molecule has 1 heterocycles. The predicted molar refractivity (Wildman–Crippen MR) is 119 cm³/mol. The molecule has 154 valence electrons. The number of hydrogen-bond acceptors (Lipinski definition) is 4. The van der Waals surface area contributed by atoms with Gasteiger partial charge in [-0.15, -0.1) is 41.1 Å². The molecule has 0 fully saturated rings. The van der Waals surface area contributed by atoms with Gasteiger partial charge in [-0.1, -0.05) is 24.6 Å². The number of nitrogens with one attached hydrogen (secondary N) is 1. The molecule has 1 atom stereocenters. The summed E-state index contributed by atoms with van der Waals surface area (Å²) in [5.74, 6) is 2.34. The Hall–Kier alpha value is -1.85. The van der Waals surface area contributed by atoms with Crippen molar-refractivity contribution >= 4 is 40.4 Å². The first-order chi connectivity index (χ1) is 13.7. The monoisotopic (exact) mass is 456 g/mol. The minimum absolute atomic E-state index is 0.268. The van der Waals surface area contributed by atoms with Gasteiger partial charge in [0.05, 0.1) is 22.7 Å². The van der Waals surface area contributed by atoms with E-state index in [4.69, 9.17) is 18.0 Å². The average molecular weight is 457 g/mol. The third kappa shape index (κ3) is 6.31. The minimum Gasteiger partial charge on any atom is -0.278 e. The Labute approximate surface area is 182 Å². The number of thiophene rings is 1. The van der Waals surface area contributed by atoms with E-state index in [9.17, 15) is 13.2 Å². The molecule has 1 aromatic carbocycles. The van der Waals surface area contributed by atoms with Gasteiger partial charge in [-0.2, -0.15) is 13.2 Å². The molecule has 1 unspecified atom stereocenters. The molecule has 29 heavy (non-hydrogen) atoms. The van der Waals surface area contributed by atoms with Crippen LogP contribution in [0, 0.1) is 12.3 Å². The molecule has 0 saturated heterocycles. The lowest BCUT2D eigenvalue weighted by molar-refractivity contribution is -0.125. The highest BCUT2D eigenvalue weighted by molar-refractivity contribution is 7.98. The first kappa shape index (κ1) is 23.4. The Morgan fingerprint density at radius 2 is 2.14 bits per heavy atom. The second kappa shape index (κ2) is 10.3. The second-order valence-corrected chi connectivity index (χ2v) is 8.28. The van der Waals surface area contributed by atoms with Crippen LogP contribution in [0.2, 0.25) is 0 Å². The van der Waals surface area contributed by atoms with Crippen molar-refractivity contribution in [1.29, 1.82) is 0 Å². The first-order valence-electron chi connectivity index (χ1n) is 8.48. The number of nitrogens with zero attached hydrogens (tertiary/aromatic N) is 1. The summed E-state index contributed by atoms with van der Waals surface area (Å²) in [5.41, 5.74) is 4.40. The Bertz CT molecular complexity index is 928. The van der Waals surface area contributed by atoms with Crippen molar-refractivity contribution in [2.24, 2.45) is 0 Å². The molecule has 8 heteroatoms. The number of rotatable bonds is 8. The van der Waals surface area contributed by atoms with Crippen molar-refractivity contribution in [2.75, 3.05) is 13.3 Å². The summed E-state index contributed by atoms with van der Waals surface area (Å²) >= 11 is 9.09. The quantitative estimate of drug-likeness (QED) is 0.208. The van der Waals surface area contributed by atoms with Crippen LogP contribution in [0.25, 0.3) is 16.1 Å². The number of terminal acetylenes is 1. The van der Waals surface area contributed by atoms with Crippen LogP contribution in [0.4, 0.5) is 13.2 Å². The van der Waals surface area contributed by atoms with Crippen molar-refractivity contribution < 1.29 is 13.2 Å². The number of allylic oxidation sites excluding steroid dienone is 2. The number of halogens is 4.